The maximum absolute atomic E-state index is 12.8. The predicted octanol–water partition coefficient (Wildman–Crippen LogP) is 2.26. The average Bonchev–Trinajstić information content (AvgIpc) is 2.94. The van der Waals surface area contributed by atoms with Crippen molar-refractivity contribution in [1.29, 1.82) is 0 Å². The molecule has 0 unspecified atom stereocenters. The van der Waals surface area contributed by atoms with E-state index >= 15 is 0 Å². The molecule has 2 aromatic carbocycles. The Balaban J connectivity index is 1.84. The van der Waals surface area contributed by atoms with Crippen LogP contribution in [0.1, 0.15) is 11.1 Å². The molecule has 27 heavy (non-hydrogen) atoms. The number of benzene rings is 2. The van der Waals surface area contributed by atoms with Crippen molar-refractivity contribution in [3.63, 3.8) is 0 Å². The number of carboxylic acid groups (broad SMARTS) is 1. The first-order valence-corrected chi connectivity index (χ1v) is 9.38. The predicted molar refractivity (Wildman–Crippen MR) is 107 cm³/mol. The number of rotatable bonds is 6. The van der Waals surface area contributed by atoms with Crippen molar-refractivity contribution in [1.82, 2.24) is 4.90 Å². The van der Waals surface area contributed by atoms with E-state index < -0.39 is 17.9 Å². The highest BCUT2D eigenvalue weighted by molar-refractivity contribution is 8.26. The van der Waals surface area contributed by atoms with E-state index in [2.05, 4.69) is 0 Å². The highest BCUT2D eigenvalue weighted by Gasteiger charge is 2.37. The van der Waals surface area contributed by atoms with Crippen molar-refractivity contribution in [3.05, 3.63) is 70.6 Å². The van der Waals surface area contributed by atoms with Crippen LogP contribution in [0.25, 0.3) is 6.08 Å². The third kappa shape index (κ3) is 4.37. The number of amides is 1. The van der Waals surface area contributed by atoms with Crippen LogP contribution in [0, 0.1) is 0 Å². The van der Waals surface area contributed by atoms with Gasteiger partial charge in [0, 0.05) is 0 Å². The van der Waals surface area contributed by atoms with E-state index in [1.54, 1.807) is 37.5 Å². The molecule has 1 atom stereocenters. The average molecular weight is 398 g/mol. The fourth-order valence-corrected chi connectivity index (χ4v) is 4.07. The highest BCUT2D eigenvalue weighted by atomic mass is 32.2. The van der Waals surface area contributed by atoms with E-state index in [1.165, 1.54) is 0 Å². The molecule has 7 heteroatoms. The second-order valence-corrected chi connectivity index (χ2v) is 7.53. The third-order valence-electron chi connectivity index (χ3n) is 4.09. The molecule has 0 radical (unpaired) electrons. The third-order valence-corrected chi connectivity index (χ3v) is 5.42. The molecule has 5 nitrogen and oxygen atoms in total. The van der Waals surface area contributed by atoms with Crippen molar-refractivity contribution in [2.75, 3.05) is 7.11 Å². The first-order valence-electron chi connectivity index (χ1n) is 8.15. The number of carbonyl (C=O) groups is 2. The Morgan fingerprint density at radius 2 is 1.89 bits per heavy atom. The number of aliphatic carboxylic acids is 1. The topological polar surface area (TPSA) is 69.7 Å². The molecule has 0 bridgehead atoms. The van der Waals surface area contributed by atoms with E-state index in [4.69, 9.17) is 17.0 Å². The number of thioether (sulfide) groups is 1. The molecular weight excluding hydrogens is 382 g/mol. The van der Waals surface area contributed by atoms with Crippen LogP contribution >= 0.6 is 24.0 Å². The van der Waals surface area contributed by atoms with Gasteiger partial charge in [-0.3, -0.25) is 9.69 Å². The zero-order valence-electron chi connectivity index (χ0n) is 14.5. The van der Waals surface area contributed by atoms with E-state index in [1.807, 2.05) is 30.3 Å². The molecule has 0 aliphatic carbocycles. The second kappa shape index (κ2) is 8.37. The molecule has 0 N–H and O–H groups in total. The molecule has 1 amide bonds. The van der Waals surface area contributed by atoms with Gasteiger partial charge >= 0.3 is 0 Å². The monoisotopic (exact) mass is 398 g/mol. The molecule has 1 saturated heterocycles. The summed E-state index contributed by atoms with van der Waals surface area (Å²) < 4.78 is 5.33. The van der Waals surface area contributed by atoms with Gasteiger partial charge in [-0.05, 0) is 35.8 Å². The van der Waals surface area contributed by atoms with Gasteiger partial charge in [0.2, 0.25) is 0 Å². The molecule has 2 aromatic rings. The smallest absolute Gasteiger partial charge is 0.266 e. The van der Waals surface area contributed by atoms with Crippen LogP contribution < -0.4 is 9.84 Å². The Morgan fingerprint density at radius 3 is 2.48 bits per heavy atom. The first-order chi connectivity index (χ1) is 13.0. The molecule has 1 heterocycles. The summed E-state index contributed by atoms with van der Waals surface area (Å²) in [6.07, 6.45) is 1.82. The van der Waals surface area contributed by atoms with E-state index in [0.29, 0.717) is 10.7 Å². The molecule has 1 fully saturated rings. The number of nitrogens with zero attached hydrogens (tertiary/aromatic N) is 1. The van der Waals surface area contributed by atoms with E-state index in [-0.39, 0.29) is 10.7 Å². The minimum atomic E-state index is -1.33. The SMILES string of the molecule is COc1ccc(/C=C2/SC(=S)N([C@@H](Cc3ccccc3)C(=O)[O-])C2=O)cc1. The highest BCUT2D eigenvalue weighted by Crippen LogP contribution is 2.34. The molecule has 0 spiro atoms. The maximum atomic E-state index is 12.8. The Hall–Kier alpha value is -2.64. The van der Waals surface area contributed by atoms with Gasteiger partial charge in [-0.25, -0.2) is 0 Å². The van der Waals surface area contributed by atoms with Crippen LogP contribution in [-0.2, 0) is 16.0 Å². The zero-order chi connectivity index (χ0) is 19.4. The summed E-state index contributed by atoms with van der Waals surface area (Å²) in [5.74, 6) is -1.05. The largest absolute Gasteiger partial charge is 0.548 e. The van der Waals surface area contributed by atoms with Crippen molar-refractivity contribution in [3.8, 4) is 5.75 Å². The minimum Gasteiger partial charge on any atom is -0.548 e. The van der Waals surface area contributed by atoms with Gasteiger partial charge in [-0.15, -0.1) is 0 Å². The van der Waals surface area contributed by atoms with Crippen molar-refractivity contribution in [2.45, 2.75) is 12.5 Å². The summed E-state index contributed by atoms with van der Waals surface area (Å²) in [4.78, 5) is 26.0. The number of hydrogen-bond acceptors (Lipinski definition) is 6. The normalized spacial score (nSPS) is 16.6. The Morgan fingerprint density at radius 1 is 1.22 bits per heavy atom. The number of thiocarbonyl (C=S) groups is 1. The van der Waals surface area contributed by atoms with Gasteiger partial charge in [0.05, 0.1) is 24.0 Å². The number of hydrogen-bond donors (Lipinski definition) is 0. The molecule has 3 rings (SSSR count). The molecular formula is C20H16NO4S2-. The second-order valence-electron chi connectivity index (χ2n) is 5.85. The van der Waals surface area contributed by atoms with Crippen molar-refractivity contribution in [2.24, 2.45) is 0 Å². The van der Waals surface area contributed by atoms with Gasteiger partial charge in [0.1, 0.15) is 10.1 Å². The Bertz CT molecular complexity index is 894. The van der Waals surface area contributed by atoms with Crippen LogP contribution in [0.4, 0.5) is 0 Å². The number of carboxylic acids is 1. The Labute approximate surface area is 166 Å². The van der Waals surface area contributed by atoms with Gasteiger partial charge in [0.25, 0.3) is 5.91 Å². The fraction of sp³-hybridized carbons (Fsp3) is 0.150. The van der Waals surface area contributed by atoms with Crippen LogP contribution in [0.3, 0.4) is 0 Å². The first kappa shape index (κ1) is 19.1. The Kier molecular flexibility index (Phi) is 5.93. The maximum Gasteiger partial charge on any atom is 0.266 e. The van der Waals surface area contributed by atoms with Gasteiger partial charge in [0.15, 0.2) is 0 Å². The van der Waals surface area contributed by atoms with Crippen LogP contribution in [0.15, 0.2) is 59.5 Å². The lowest BCUT2D eigenvalue weighted by molar-refractivity contribution is -0.310. The number of ether oxygens (including phenoxy) is 1. The quantitative estimate of drug-likeness (QED) is 0.549. The zero-order valence-corrected chi connectivity index (χ0v) is 16.1. The van der Waals surface area contributed by atoms with Crippen molar-refractivity contribution >= 4 is 46.3 Å². The van der Waals surface area contributed by atoms with Gasteiger partial charge < -0.3 is 14.6 Å². The lowest BCUT2D eigenvalue weighted by atomic mass is 10.0. The molecule has 1 aliphatic heterocycles. The molecule has 138 valence electrons. The lowest BCUT2D eigenvalue weighted by Crippen LogP contribution is -2.51. The summed E-state index contributed by atoms with van der Waals surface area (Å²) in [7, 11) is 1.58. The number of carbonyl (C=O) groups excluding carboxylic acids is 2. The molecule has 0 aromatic heterocycles. The molecule has 1 aliphatic rings. The summed E-state index contributed by atoms with van der Waals surface area (Å²) in [5.41, 5.74) is 1.59. The summed E-state index contributed by atoms with van der Waals surface area (Å²) >= 11 is 6.37. The summed E-state index contributed by atoms with van der Waals surface area (Å²) in [6, 6.07) is 15.1. The van der Waals surface area contributed by atoms with Crippen LogP contribution in [0.5, 0.6) is 5.75 Å². The standard InChI is InChI=1S/C20H17NO4S2/c1-25-15-9-7-14(8-10-15)12-17-18(22)21(20(26)27-17)16(19(23)24)11-13-5-3-2-4-6-13/h2-10,12,16H,11H2,1H3,(H,23,24)/p-1/b17-12+/t16-/m0/s1. The van der Waals surface area contributed by atoms with Gasteiger partial charge in [-0.2, -0.15) is 0 Å². The van der Waals surface area contributed by atoms with Crippen LogP contribution in [-0.4, -0.2) is 34.2 Å². The van der Waals surface area contributed by atoms with Crippen molar-refractivity contribution < 1.29 is 19.4 Å². The van der Waals surface area contributed by atoms with Gasteiger partial charge in [-0.1, -0.05) is 66.4 Å². The van der Waals surface area contributed by atoms with E-state index in [9.17, 15) is 14.7 Å². The fourth-order valence-electron chi connectivity index (χ4n) is 2.72. The summed E-state index contributed by atoms with van der Waals surface area (Å²) in [5, 5.41) is 11.7. The number of methoxy groups -OCH3 is 1. The van der Waals surface area contributed by atoms with E-state index in [0.717, 1.165) is 27.8 Å². The van der Waals surface area contributed by atoms with Crippen LogP contribution in [0.2, 0.25) is 0 Å². The minimum absolute atomic E-state index is 0.130. The lowest BCUT2D eigenvalue weighted by Gasteiger charge is -2.27. The molecule has 0 saturated carbocycles. The summed E-state index contributed by atoms with van der Waals surface area (Å²) in [6.45, 7) is 0.